The standard InChI is InChI=1S/C17H13N3O2/c18-8-13-11-4-1-2-5-12(11)15(14-6-3-7-22-14)17(9-19,10-20)16(13)21/h3,6-7,12,15H,1-2,4-5H2/t12-,15+/m0/s1. The molecule has 0 bridgehead atoms. The van der Waals surface area contributed by atoms with Gasteiger partial charge in [0.2, 0.25) is 11.2 Å². The van der Waals surface area contributed by atoms with Crippen LogP contribution in [0.2, 0.25) is 0 Å². The first-order valence-corrected chi connectivity index (χ1v) is 7.23. The van der Waals surface area contributed by atoms with Crippen LogP contribution in [0, 0.1) is 45.3 Å². The Morgan fingerprint density at radius 3 is 2.59 bits per heavy atom. The zero-order valence-electron chi connectivity index (χ0n) is 11.9. The topological polar surface area (TPSA) is 102 Å². The van der Waals surface area contributed by atoms with Crippen molar-refractivity contribution in [3.05, 3.63) is 35.3 Å². The van der Waals surface area contributed by atoms with Gasteiger partial charge in [-0.2, -0.15) is 15.8 Å². The molecule has 1 aromatic rings. The van der Waals surface area contributed by atoms with Gasteiger partial charge in [-0.1, -0.05) is 6.42 Å². The van der Waals surface area contributed by atoms with Crippen LogP contribution in [-0.2, 0) is 4.79 Å². The molecule has 108 valence electrons. The monoisotopic (exact) mass is 291 g/mol. The number of ketones is 1. The van der Waals surface area contributed by atoms with Crippen LogP contribution in [0.3, 0.4) is 0 Å². The molecule has 2 atom stereocenters. The Labute approximate surface area is 128 Å². The third kappa shape index (κ3) is 1.71. The van der Waals surface area contributed by atoms with E-state index in [1.54, 1.807) is 12.1 Å². The van der Waals surface area contributed by atoms with Gasteiger partial charge in [-0.15, -0.1) is 0 Å². The van der Waals surface area contributed by atoms with Gasteiger partial charge in [-0.05, 0) is 42.9 Å². The Kier molecular flexibility index (Phi) is 3.32. The lowest BCUT2D eigenvalue weighted by Gasteiger charge is -2.41. The van der Waals surface area contributed by atoms with E-state index in [0.29, 0.717) is 12.2 Å². The molecule has 1 saturated carbocycles. The molecule has 5 heteroatoms. The lowest BCUT2D eigenvalue weighted by Crippen LogP contribution is -2.45. The van der Waals surface area contributed by atoms with Gasteiger partial charge >= 0.3 is 0 Å². The van der Waals surface area contributed by atoms with Crippen LogP contribution in [0.1, 0.15) is 37.4 Å². The Balaban J connectivity index is 2.29. The minimum atomic E-state index is -1.88. The summed E-state index contributed by atoms with van der Waals surface area (Å²) in [6.07, 6.45) is 4.77. The Morgan fingerprint density at radius 1 is 1.23 bits per heavy atom. The van der Waals surface area contributed by atoms with E-state index in [1.165, 1.54) is 6.26 Å². The molecule has 0 aliphatic heterocycles. The summed E-state index contributed by atoms with van der Waals surface area (Å²) in [6, 6.07) is 9.12. The molecule has 0 unspecified atom stereocenters. The molecule has 0 N–H and O–H groups in total. The molecule has 2 aliphatic rings. The van der Waals surface area contributed by atoms with Crippen molar-refractivity contribution in [3.8, 4) is 18.2 Å². The van der Waals surface area contributed by atoms with Crippen LogP contribution in [-0.4, -0.2) is 5.78 Å². The van der Waals surface area contributed by atoms with Crippen molar-refractivity contribution >= 4 is 5.78 Å². The number of hydrogen-bond acceptors (Lipinski definition) is 5. The molecule has 0 aromatic carbocycles. The molecule has 0 spiro atoms. The summed E-state index contributed by atoms with van der Waals surface area (Å²) >= 11 is 0. The van der Waals surface area contributed by atoms with Crippen LogP contribution >= 0.6 is 0 Å². The summed E-state index contributed by atoms with van der Waals surface area (Å²) in [5.41, 5.74) is -1.08. The van der Waals surface area contributed by atoms with E-state index in [2.05, 4.69) is 0 Å². The van der Waals surface area contributed by atoms with Crippen LogP contribution in [0.25, 0.3) is 0 Å². The van der Waals surface area contributed by atoms with E-state index in [1.807, 2.05) is 18.2 Å². The van der Waals surface area contributed by atoms with Gasteiger partial charge in [-0.3, -0.25) is 4.79 Å². The number of rotatable bonds is 1. The van der Waals surface area contributed by atoms with Crippen molar-refractivity contribution in [2.75, 3.05) is 0 Å². The van der Waals surface area contributed by atoms with Gasteiger partial charge in [-0.25, -0.2) is 0 Å². The van der Waals surface area contributed by atoms with Crippen LogP contribution in [0.4, 0.5) is 0 Å². The molecule has 0 radical (unpaired) electrons. The highest BCUT2D eigenvalue weighted by Crippen LogP contribution is 2.54. The predicted molar refractivity (Wildman–Crippen MR) is 74.7 cm³/mol. The molecule has 22 heavy (non-hydrogen) atoms. The third-order valence-electron chi connectivity index (χ3n) is 4.75. The van der Waals surface area contributed by atoms with Crippen LogP contribution in [0.15, 0.2) is 34.0 Å². The highest BCUT2D eigenvalue weighted by molar-refractivity contribution is 6.09. The maximum atomic E-state index is 12.7. The van der Waals surface area contributed by atoms with E-state index in [0.717, 1.165) is 24.8 Å². The minimum absolute atomic E-state index is 0.00982. The first kappa shape index (κ1) is 14.1. The summed E-state index contributed by atoms with van der Waals surface area (Å²) in [5, 5.41) is 28.6. The van der Waals surface area contributed by atoms with Gasteiger partial charge < -0.3 is 4.42 Å². The quantitative estimate of drug-likeness (QED) is 0.791. The van der Waals surface area contributed by atoms with E-state index < -0.39 is 17.1 Å². The van der Waals surface area contributed by atoms with Crippen molar-refractivity contribution in [1.82, 2.24) is 0 Å². The van der Waals surface area contributed by atoms with E-state index in [4.69, 9.17) is 4.42 Å². The van der Waals surface area contributed by atoms with Crippen molar-refractivity contribution in [2.24, 2.45) is 11.3 Å². The number of nitriles is 3. The fraction of sp³-hybridized carbons (Fsp3) is 0.412. The van der Waals surface area contributed by atoms with Crippen molar-refractivity contribution in [2.45, 2.75) is 31.6 Å². The third-order valence-corrected chi connectivity index (χ3v) is 4.75. The summed E-state index contributed by atoms with van der Waals surface area (Å²) in [7, 11) is 0. The molecule has 0 saturated heterocycles. The maximum absolute atomic E-state index is 12.7. The van der Waals surface area contributed by atoms with Gasteiger partial charge in [0.05, 0.1) is 29.9 Å². The van der Waals surface area contributed by atoms with E-state index in [9.17, 15) is 20.6 Å². The molecule has 0 amide bonds. The normalized spacial score (nSPS) is 26.5. The van der Waals surface area contributed by atoms with Crippen molar-refractivity contribution in [3.63, 3.8) is 0 Å². The smallest absolute Gasteiger partial charge is 0.217 e. The Morgan fingerprint density at radius 2 is 2.00 bits per heavy atom. The molecule has 1 fully saturated rings. The number of furan rings is 1. The number of fused-ring (bicyclic) bond motifs is 1. The summed E-state index contributed by atoms with van der Waals surface area (Å²) < 4.78 is 5.44. The lowest BCUT2D eigenvalue weighted by molar-refractivity contribution is -0.122. The molecule has 5 nitrogen and oxygen atoms in total. The summed E-state index contributed by atoms with van der Waals surface area (Å²) in [5.74, 6) is -1.00. The highest BCUT2D eigenvalue weighted by Gasteiger charge is 2.58. The van der Waals surface area contributed by atoms with E-state index >= 15 is 0 Å². The van der Waals surface area contributed by atoms with Crippen LogP contribution < -0.4 is 0 Å². The summed E-state index contributed by atoms with van der Waals surface area (Å²) in [6.45, 7) is 0. The second-order valence-electron chi connectivity index (χ2n) is 5.72. The minimum Gasteiger partial charge on any atom is -0.469 e. The first-order valence-electron chi connectivity index (χ1n) is 7.23. The van der Waals surface area contributed by atoms with Crippen molar-refractivity contribution in [1.29, 1.82) is 15.8 Å². The van der Waals surface area contributed by atoms with Crippen molar-refractivity contribution < 1.29 is 9.21 Å². The molecule has 3 rings (SSSR count). The zero-order valence-corrected chi connectivity index (χ0v) is 11.9. The number of nitrogens with zero attached hydrogens (tertiary/aromatic N) is 3. The second kappa shape index (κ2) is 5.17. The predicted octanol–water partition coefficient (Wildman–Crippen LogP) is 2.99. The fourth-order valence-corrected chi connectivity index (χ4v) is 3.77. The SMILES string of the molecule is N#CC1=C2CCCC[C@@H]2[C@H](c2ccco2)C(C#N)(C#N)C1=O. The van der Waals surface area contributed by atoms with E-state index in [-0.39, 0.29) is 11.5 Å². The second-order valence-corrected chi connectivity index (χ2v) is 5.72. The van der Waals surface area contributed by atoms with Gasteiger partial charge in [0, 0.05) is 0 Å². The Hall–Kier alpha value is -2.84. The number of Topliss-reactive ketones (excluding diaryl/α,β-unsaturated/α-hetero) is 1. The van der Waals surface area contributed by atoms with Crippen LogP contribution in [0.5, 0.6) is 0 Å². The fourth-order valence-electron chi connectivity index (χ4n) is 3.77. The summed E-state index contributed by atoms with van der Waals surface area (Å²) in [4.78, 5) is 12.7. The first-order chi connectivity index (χ1) is 10.7. The largest absolute Gasteiger partial charge is 0.469 e. The number of carbonyl (C=O) groups excluding carboxylic acids is 1. The molecule has 1 heterocycles. The number of allylic oxidation sites excluding steroid dienone is 2. The number of carbonyl (C=O) groups is 1. The lowest BCUT2D eigenvalue weighted by atomic mass is 9.56. The maximum Gasteiger partial charge on any atom is 0.217 e. The molecular weight excluding hydrogens is 278 g/mol. The highest BCUT2D eigenvalue weighted by atomic mass is 16.3. The molecular formula is C17H13N3O2. The van der Waals surface area contributed by atoms with Gasteiger partial charge in [0.1, 0.15) is 11.8 Å². The molecule has 1 aromatic heterocycles. The Bertz CT molecular complexity index is 754. The number of hydrogen-bond donors (Lipinski definition) is 0. The van der Waals surface area contributed by atoms with Gasteiger partial charge in [0.25, 0.3) is 0 Å². The average Bonchev–Trinajstić information content (AvgIpc) is 3.08. The average molecular weight is 291 g/mol. The van der Waals surface area contributed by atoms with Gasteiger partial charge in [0.15, 0.2) is 0 Å². The molecule has 2 aliphatic carbocycles. The zero-order chi connectivity index (χ0) is 15.7.